The number of amides is 1. The minimum Gasteiger partial charge on any atom is -0.451 e. The van der Waals surface area contributed by atoms with Crippen LogP contribution in [0.25, 0.3) is 0 Å². The van der Waals surface area contributed by atoms with Crippen LogP contribution in [0.1, 0.15) is 20.9 Å². The van der Waals surface area contributed by atoms with Crippen molar-refractivity contribution in [2.24, 2.45) is 0 Å². The molecule has 2 rings (SSSR count). The van der Waals surface area contributed by atoms with Crippen LogP contribution in [0.15, 0.2) is 30.3 Å². The average molecular weight is 291 g/mol. The second-order valence-electron chi connectivity index (χ2n) is 4.03. The molecule has 20 heavy (non-hydrogen) atoms. The Labute approximate surface area is 119 Å². The van der Waals surface area contributed by atoms with E-state index in [1.807, 2.05) is 30.3 Å². The number of aromatic nitrogens is 2. The molecule has 1 aromatic heterocycles. The van der Waals surface area contributed by atoms with Gasteiger partial charge in [-0.15, -0.1) is 5.10 Å². The minimum atomic E-state index is -0.577. The third-order valence-corrected chi connectivity index (χ3v) is 3.31. The molecule has 1 N–H and O–H groups in total. The highest BCUT2D eigenvalue weighted by Crippen LogP contribution is 2.10. The molecule has 1 aromatic carbocycles. The molecule has 0 spiro atoms. The van der Waals surface area contributed by atoms with E-state index in [-0.39, 0.29) is 12.5 Å². The Kier molecular flexibility index (Phi) is 4.78. The van der Waals surface area contributed by atoms with Crippen molar-refractivity contribution in [2.75, 3.05) is 6.61 Å². The lowest BCUT2D eigenvalue weighted by atomic mass is 10.2. The summed E-state index contributed by atoms with van der Waals surface area (Å²) in [6, 6.07) is 9.48. The average Bonchev–Trinajstić information content (AvgIpc) is 2.90. The molecule has 6 nitrogen and oxygen atoms in total. The molecule has 1 heterocycles. The first kappa shape index (κ1) is 14.1. The number of nitrogens with zero attached hydrogens (tertiary/aromatic N) is 2. The lowest BCUT2D eigenvalue weighted by molar-refractivity contribution is -0.124. The highest BCUT2D eigenvalue weighted by molar-refractivity contribution is 7.07. The summed E-state index contributed by atoms with van der Waals surface area (Å²) in [6.07, 6.45) is 0. The van der Waals surface area contributed by atoms with E-state index < -0.39 is 5.97 Å². The van der Waals surface area contributed by atoms with E-state index in [2.05, 4.69) is 14.9 Å². The number of hydrogen-bond donors (Lipinski definition) is 1. The highest BCUT2D eigenvalue weighted by atomic mass is 32.1. The first-order valence-corrected chi connectivity index (χ1v) is 6.71. The van der Waals surface area contributed by atoms with Gasteiger partial charge in [0.15, 0.2) is 11.5 Å². The van der Waals surface area contributed by atoms with Crippen molar-refractivity contribution in [2.45, 2.75) is 13.5 Å². The Morgan fingerprint density at radius 3 is 2.70 bits per heavy atom. The van der Waals surface area contributed by atoms with Gasteiger partial charge in [0.2, 0.25) is 0 Å². The fourth-order valence-electron chi connectivity index (χ4n) is 1.46. The smallest absolute Gasteiger partial charge is 0.352 e. The van der Waals surface area contributed by atoms with Gasteiger partial charge in [-0.1, -0.05) is 34.8 Å². The summed E-state index contributed by atoms with van der Waals surface area (Å²) >= 11 is 0.952. The number of rotatable bonds is 5. The van der Waals surface area contributed by atoms with Gasteiger partial charge in [0.05, 0.1) is 5.69 Å². The lowest BCUT2D eigenvalue weighted by Gasteiger charge is -2.06. The molecule has 0 atom stereocenters. The van der Waals surface area contributed by atoms with Gasteiger partial charge in [0.25, 0.3) is 5.91 Å². The molecule has 0 fully saturated rings. The standard InChI is InChI=1S/C13H13N3O3S/c1-9-12(20-16-15-9)13(18)19-8-11(17)14-7-10-5-3-2-4-6-10/h2-6H,7-8H2,1H3,(H,14,17). The number of carbonyl (C=O) groups excluding carboxylic acids is 2. The number of benzene rings is 1. The molecule has 104 valence electrons. The van der Waals surface area contributed by atoms with E-state index in [0.717, 1.165) is 17.1 Å². The van der Waals surface area contributed by atoms with E-state index in [0.29, 0.717) is 17.1 Å². The second kappa shape index (κ2) is 6.76. The van der Waals surface area contributed by atoms with Gasteiger partial charge in [-0.25, -0.2) is 4.79 Å². The Hall–Kier alpha value is -2.28. The van der Waals surface area contributed by atoms with Gasteiger partial charge < -0.3 is 10.1 Å². The molecule has 1 amide bonds. The van der Waals surface area contributed by atoms with Gasteiger partial charge >= 0.3 is 5.97 Å². The molecule has 0 saturated carbocycles. The van der Waals surface area contributed by atoms with Crippen molar-refractivity contribution in [3.8, 4) is 0 Å². The number of nitrogens with one attached hydrogen (secondary N) is 1. The highest BCUT2D eigenvalue weighted by Gasteiger charge is 2.15. The molecule has 0 aliphatic carbocycles. The van der Waals surface area contributed by atoms with Crippen LogP contribution in [0.5, 0.6) is 0 Å². The molecular formula is C13H13N3O3S. The van der Waals surface area contributed by atoms with E-state index in [9.17, 15) is 9.59 Å². The largest absolute Gasteiger partial charge is 0.451 e. The van der Waals surface area contributed by atoms with Crippen LogP contribution in [0, 0.1) is 6.92 Å². The quantitative estimate of drug-likeness (QED) is 0.840. The second-order valence-corrected chi connectivity index (χ2v) is 4.78. The molecule has 0 aliphatic rings. The Balaban J connectivity index is 1.75. The maximum Gasteiger partial charge on any atom is 0.352 e. The van der Waals surface area contributed by atoms with Crippen LogP contribution in [0.2, 0.25) is 0 Å². The van der Waals surface area contributed by atoms with Crippen molar-refractivity contribution in [1.82, 2.24) is 14.9 Å². The topological polar surface area (TPSA) is 81.2 Å². The zero-order chi connectivity index (χ0) is 14.4. The van der Waals surface area contributed by atoms with E-state index >= 15 is 0 Å². The fraction of sp³-hybridized carbons (Fsp3) is 0.231. The van der Waals surface area contributed by atoms with Crippen LogP contribution >= 0.6 is 11.5 Å². The van der Waals surface area contributed by atoms with Gasteiger partial charge in [-0.05, 0) is 24.0 Å². The number of carbonyl (C=O) groups is 2. The molecular weight excluding hydrogens is 278 g/mol. The maximum absolute atomic E-state index is 11.6. The summed E-state index contributed by atoms with van der Waals surface area (Å²) in [4.78, 5) is 23.5. The maximum atomic E-state index is 11.6. The zero-order valence-corrected chi connectivity index (χ0v) is 11.6. The molecule has 0 unspecified atom stereocenters. The number of esters is 1. The molecule has 0 radical (unpaired) electrons. The Bertz CT molecular complexity index is 598. The normalized spacial score (nSPS) is 10.1. The Morgan fingerprint density at radius 2 is 2.05 bits per heavy atom. The summed E-state index contributed by atoms with van der Waals surface area (Å²) in [5.74, 6) is -0.926. The minimum absolute atomic E-state index is 0.316. The summed E-state index contributed by atoms with van der Waals surface area (Å²) in [5.41, 5.74) is 1.49. The molecule has 0 bridgehead atoms. The van der Waals surface area contributed by atoms with E-state index in [1.54, 1.807) is 6.92 Å². The number of hydrogen-bond acceptors (Lipinski definition) is 6. The van der Waals surface area contributed by atoms with Gasteiger partial charge in [0.1, 0.15) is 0 Å². The van der Waals surface area contributed by atoms with Gasteiger partial charge in [-0.3, -0.25) is 4.79 Å². The monoisotopic (exact) mass is 291 g/mol. The van der Waals surface area contributed by atoms with Crippen molar-refractivity contribution in [3.05, 3.63) is 46.5 Å². The van der Waals surface area contributed by atoms with Crippen molar-refractivity contribution < 1.29 is 14.3 Å². The van der Waals surface area contributed by atoms with Crippen molar-refractivity contribution in [3.63, 3.8) is 0 Å². The number of aryl methyl sites for hydroxylation is 1. The Morgan fingerprint density at radius 1 is 1.30 bits per heavy atom. The van der Waals surface area contributed by atoms with Crippen molar-refractivity contribution in [1.29, 1.82) is 0 Å². The predicted molar refractivity (Wildman–Crippen MR) is 73.2 cm³/mol. The van der Waals surface area contributed by atoms with Crippen LogP contribution in [0.4, 0.5) is 0 Å². The molecule has 0 aliphatic heterocycles. The first-order chi connectivity index (χ1) is 9.66. The fourth-order valence-corrected chi connectivity index (χ4v) is 2.01. The molecule has 7 heteroatoms. The summed E-state index contributed by atoms with van der Waals surface area (Å²) in [7, 11) is 0. The lowest BCUT2D eigenvalue weighted by Crippen LogP contribution is -2.28. The van der Waals surface area contributed by atoms with Crippen LogP contribution in [-0.4, -0.2) is 28.1 Å². The first-order valence-electron chi connectivity index (χ1n) is 5.93. The van der Waals surface area contributed by atoms with Crippen molar-refractivity contribution >= 4 is 23.4 Å². The van der Waals surface area contributed by atoms with E-state index in [1.165, 1.54) is 0 Å². The molecule has 0 saturated heterocycles. The summed E-state index contributed by atoms with van der Waals surface area (Å²) < 4.78 is 8.53. The van der Waals surface area contributed by atoms with Gasteiger partial charge in [0, 0.05) is 6.54 Å². The van der Waals surface area contributed by atoms with Crippen LogP contribution in [-0.2, 0) is 16.1 Å². The van der Waals surface area contributed by atoms with Crippen LogP contribution < -0.4 is 5.32 Å². The third kappa shape index (κ3) is 3.86. The summed E-state index contributed by atoms with van der Waals surface area (Å²) in [6.45, 7) is 1.75. The predicted octanol–water partition coefficient (Wildman–Crippen LogP) is 1.32. The third-order valence-electron chi connectivity index (χ3n) is 2.50. The SMILES string of the molecule is Cc1nnsc1C(=O)OCC(=O)NCc1ccccc1. The van der Waals surface area contributed by atoms with Crippen LogP contribution in [0.3, 0.4) is 0 Å². The van der Waals surface area contributed by atoms with Gasteiger partial charge in [-0.2, -0.15) is 0 Å². The molecule has 2 aromatic rings. The summed E-state index contributed by atoms with van der Waals surface area (Å²) in [5, 5.41) is 6.38. The number of ether oxygens (including phenoxy) is 1. The van der Waals surface area contributed by atoms with E-state index in [4.69, 9.17) is 4.74 Å². The zero-order valence-electron chi connectivity index (χ0n) is 10.8.